The van der Waals surface area contributed by atoms with Gasteiger partial charge in [-0.3, -0.25) is 9.36 Å². The molecule has 420 valence electrons. The lowest BCUT2D eigenvalue weighted by molar-refractivity contribution is -0.870. The van der Waals surface area contributed by atoms with Crippen LogP contribution < -0.4 is 10.2 Å². The van der Waals surface area contributed by atoms with Gasteiger partial charge in [-0.15, -0.1) is 0 Å². The average molecular weight is 1020 g/mol. The number of amides is 1. The number of phosphoric ester groups is 1. The minimum Gasteiger partial charge on any atom is -0.756 e. The third-order valence-electron chi connectivity index (χ3n) is 14.1. The molecule has 0 aromatic carbocycles. The Balaban J connectivity index is 4.19. The Morgan fingerprint density at radius 2 is 0.789 bits per heavy atom. The molecule has 0 heterocycles. The molecule has 71 heavy (non-hydrogen) atoms. The van der Waals surface area contributed by atoms with E-state index >= 15 is 0 Å². The van der Waals surface area contributed by atoms with Gasteiger partial charge < -0.3 is 28.8 Å². The lowest BCUT2D eigenvalue weighted by atomic mass is 10.0. The summed E-state index contributed by atoms with van der Waals surface area (Å²) in [5.74, 6) is -0.206. The molecule has 2 N–H and O–H groups in total. The van der Waals surface area contributed by atoms with Crippen molar-refractivity contribution in [1.82, 2.24) is 5.32 Å². The molecule has 0 aliphatic heterocycles. The molecule has 0 aromatic heterocycles. The third kappa shape index (κ3) is 56.3. The molecule has 0 fully saturated rings. The van der Waals surface area contributed by atoms with Crippen molar-refractivity contribution in [2.75, 3.05) is 40.9 Å². The minimum absolute atomic E-state index is 0.00597. The lowest BCUT2D eigenvalue weighted by Crippen LogP contribution is -2.45. The number of carbonyl (C=O) groups excluding carboxylic acids is 1. The van der Waals surface area contributed by atoms with Gasteiger partial charge in [0.1, 0.15) is 13.2 Å². The fourth-order valence-electron chi connectivity index (χ4n) is 9.23. The van der Waals surface area contributed by atoms with Crippen molar-refractivity contribution in [2.24, 2.45) is 0 Å². The summed E-state index contributed by atoms with van der Waals surface area (Å²) in [7, 11) is 1.25. The number of nitrogens with one attached hydrogen (secondary N) is 1. The highest BCUT2D eigenvalue weighted by atomic mass is 31.2. The maximum Gasteiger partial charge on any atom is 0.268 e. The number of allylic oxidation sites excluding steroid dienone is 5. The van der Waals surface area contributed by atoms with Crippen LogP contribution in [0.4, 0.5) is 0 Å². The summed E-state index contributed by atoms with van der Waals surface area (Å²) in [6.45, 7) is 4.67. The van der Waals surface area contributed by atoms with E-state index in [-0.39, 0.29) is 12.5 Å². The summed E-state index contributed by atoms with van der Waals surface area (Å²) in [5, 5.41) is 13.9. The Bertz CT molecular complexity index is 1250. The number of likely N-dealkylation sites (N-methyl/N-ethyl adjacent to an activating group) is 1. The first-order chi connectivity index (χ1) is 34.5. The van der Waals surface area contributed by atoms with Crippen molar-refractivity contribution in [1.29, 1.82) is 0 Å². The first kappa shape index (κ1) is 69.7. The molecular formula is C62H121N2O6P. The summed E-state index contributed by atoms with van der Waals surface area (Å²) < 4.78 is 23.4. The highest BCUT2D eigenvalue weighted by molar-refractivity contribution is 7.45. The van der Waals surface area contributed by atoms with Crippen LogP contribution in [0.25, 0.3) is 0 Å². The zero-order chi connectivity index (χ0) is 52.0. The van der Waals surface area contributed by atoms with Gasteiger partial charge in [-0.25, -0.2) is 0 Å². The van der Waals surface area contributed by atoms with Crippen molar-refractivity contribution in [3.63, 3.8) is 0 Å². The number of rotatable bonds is 57. The van der Waals surface area contributed by atoms with Crippen LogP contribution in [0.1, 0.15) is 303 Å². The van der Waals surface area contributed by atoms with E-state index in [1.807, 2.05) is 27.2 Å². The highest BCUT2D eigenvalue weighted by Crippen LogP contribution is 2.38. The molecule has 0 saturated heterocycles. The summed E-state index contributed by atoms with van der Waals surface area (Å²) in [4.78, 5) is 25.5. The van der Waals surface area contributed by atoms with Gasteiger partial charge in [0.05, 0.1) is 39.9 Å². The molecule has 9 heteroatoms. The van der Waals surface area contributed by atoms with Crippen LogP contribution in [-0.2, 0) is 18.4 Å². The van der Waals surface area contributed by atoms with Crippen LogP contribution in [0, 0.1) is 0 Å². The Hall–Kier alpha value is -1.28. The van der Waals surface area contributed by atoms with Crippen molar-refractivity contribution < 1.29 is 32.9 Å². The number of carbonyl (C=O) groups is 1. The molecule has 3 unspecified atom stereocenters. The number of quaternary nitrogens is 1. The highest BCUT2D eigenvalue weighted by Gasteiger charge is 2.23. The number of nitrogens with zero attached hydrogens (tertiary/aromatic N) is 1. The summed E-state index contributed by atoms with van der Waals surface area (Å²) >= 11 is 0. The largest absolute Gasteiger partial charge is 0.756 e. The minimum atomic E-state index is -4.61. The van der Waals surface area contributed by atoms with Crippen LogP contribution in [0.15, 0.2) is 36.5 Å². The molecule has 1 amide bonds. The second-order valence-corrected chi connectivity index (χ2v) is 23.8. The summed E-state index contributed by atoms with van der Waals surface area (Å²) in [6.07, 6.45) is 69.5. The molecule has 0 radical (unpaired) electrons. The van der Waals surface area contributed by atoms with Gasteiger partial charge in [0.15, 0.2) is 0 Å². The standard InChI is InChI=1S/C62H121N2O6P/c1-6-8-10-12-14-16-18-20-22-24-26-28-29-30-31-32-33-34-36-37-39-41-43-45-47-49-51-53-55-61(65)60(59-70-71(67,68)69-58-57-64(3,4)5)63-62(66)56-54-52-50-48-46-44-42-40-38-35-27-25-23-21-19-17-15-13-11-9-7-2/h25,27,45,47,53,55,60-61,65H,6-24,26,28-44,46,48-52,54,56-59H2,1-5H3,(H-,63,66,67,68)/b27-25-,47-45+,55-53+. The van der Waals surface area contributed by atoms with Crippen LogP contribution >= 0.6 is 7.82 Å². The molecule has 0 rings (SSSR count). The van der Waals surface area contributed by atoms with Crippen molar-refractivity contribution in [3.8, 4) is 0 Å². The maximum absolute atomic E-state index is 13.0. The van der Waals surface area contributed by atoms with Gasteiger partial charge in [-0.1, -0.05) is 275 Å². The first-order valence-corrected chi connectivity index (χ1v) is 32.3. The summed E-state index contributed by atoms with van der Waals surface area (Å²) in [6, 6.07) is -0.905. The van der Waals surface area contributed by atoms with E-state index in [4.69, 9.17) is 9.05 Å². The molecule has 0 saturated carbocycles. The molecule has 0 aliphatic rings. The number of aliphatic hydroxyl groups is 1. The van der Waals surface area contributed by atoms with Crippen LogP contribution in [0.5, 0.6) is 0 Å². The molecular weight excluding hydrogens is 900 g/mol. The van der Waals surface area contributed by atoms with Crippen molar-refractivity contribution in [2.45, 2.75) is 315 Å². The SMILES string of the molecule is CCCCCCCCCC/C=C\CCCCCCCCCCCC(=O)NC(COP(=O)([O-])OCC[N+](C)(C)C)C(O)/C=C/CC/C=C/CCCCCCCCCCCCCCCCCCCCCCCC. The molecule has 3 atom stereocenters. The van der Waals surface area contributed by atoms with Crippen LogP contribution in [-0.4, -0.2) is 68.5 Å². The van der Waals surface area contributed by atoms with Gasteiger partial charge in [0, 0.05) is 6.42 Å². The zero-order valence-electron chi connectivity index (χ0n) is 47.9. The first-order valence-electron chi connectivity index (χ1n) is 30.9. The number of unbranched alkanes of at least 4 members (excludes halogenated alkanes) is 40. The third-order valence-corrected chi connectivity index (χ3v) is 15.0. The zero-order valence-corrected chi connectivity index (χ0v) is 48.8. The molecule has 8 nitrogen and oxygen atoms in total. The molecule has 0 bridgehead atoms. The maximum atomic E-state index is 13.0. The monoisotopic (exact) mass is 1020 g/mol. The number of hydrogen-bond acceptors (Lipinski definition) is 6. The van der Waals surface area contributed by atoms with E-state index in [9.17, 15) is 19.4 Å². The number of hydrogen-bond donors (Lipinski definition) is 2. The Kier molecular flexibility index (Phi) is 52.6. The smallest absolute Gasteiger partial charge is 0.268 e. The Morgan fingerprint density at radius 3 is 1.14 bits per heavy atom. The quantitative estimate of drug-likeness (QED) is 0.0272. The fourth-order valence-corrected chi connectivity index (χ4v) is 9.95. The van der Waals surface area contributed by atoms with Crippen molar-refractivity contribution in [3.05, 3.63) is 36.5 Å². The van der Waals surface area contributed by atoms with Gasteiger partial charge in [-0.05, 0) is 57.8 Å². The molecule has 0 spiro atoms. The summed E-state index contributed by atoms with van der Waals surface area (Å²) in [5.41, 5.74) is 0. The van der Waals surface area contributed by atoms with E-state index in [0.29, 0.717) is 17.4 Å². The Morgan fingerprint density at radius 1 is 0.479 bits per heavy atom. The normalized spacial score (nSPS) is 14.1. The molecule has 0 aromatic rings. The lowest BCUT2D eigenvalue weighted by Gasteiger charge is -2.29. The predicted octanol–water partition coefficient (Wildman–Crippen LogP) is 18.3. The van der Waals surface area contributed by atoms with E-state index in [2.05, 4.69) is 43.5 Å². The van der Waals surface area contributed by atoms with E-state index in [1.54, 1.807) is 6.08 Å². The van der Waals surface area contributed by atoms with Gasteiger partial charge in [0.2, 0.25) is 5.91 Å². The van der Waals surface area contributed by atoms with Crippen LogP contribution in [0.2, 0.25) is 0 Å². The van der Waals surface area contributed by atoms with Crippen molar-refractivity contribution >= 4 is 13.7 Å². The van der Waals surface area contributed by atoms with E-state index in [0.717, 1.165) is 38.5 Å². The number of phosphoric acid groups is 1. The predicted molar refractivity (Wildman–Crippen MR) is 307 cm³/mol. The van der Waals surface area contributed by atoms with Crippen LogP contribution in [0.3, 0.4) is 0 Å². The average Bonchev–Trinajstić information content (AvgIpc) is 3.33. The molecule has 0 aliphatic carbocycles. The van der Waals surface area contributed by atoms with E-state index < -0.39 is 26.6 Å². The topological polar surface area (TPSA) is 108 Å². The van der Waals surface area contributed by atoms with Gasteiger partial charge in [-0.2, -0.15) is 0 Å². The fraction of sp³-hybridized carbons (Fsp3) is 0.887. The van der Waals surface area contributed by atoms with E-state index in [1.165, 1.54) is 244 Å². The second-order valence-electron chi connectivity index (χ2n) is 22.4. The Labute approximate surface area is 442 Å². The van der Waals surface area contributed by atoms with Gasteiger partial charge in [0.25, 0.3) is 7.82 Å². The van der Waals surface area contributed by atoms with Gasteiger partial charge >= 0.3 is 0 Å². The second kappa shape index (κ2) is 53.5. The number of aliphatic hydroxyl groups excluding tert-OH is 1.